The molecule has 0 fully saturated rings. The van der Waals surface area contributed by atoms with Crippen LogP contribution in [-0.2, 0) is 0 Å². The Bertz CT molecular complexity index is 468. The molecule has 3 nitrogen and oxygen atoms in total. The van der Waals surface area contributed by atoms with Crippen LogP contribution in [-0.4, -0.2) is 16.5 Å². The normalized spacial score (nSPS) is 12.4. The Kier molecular flexibility index (Phi) is 3.83. The fourth-order valence-corrected chi connectivity index (χ4v) is 1.84. The van der Waals surface area contributed by atoms with E-state index in [1.807, 2.05) is 30.7 Å². The Morgan fingerprint density at radius 1 is 1.18 bits per heavy atom. The Balaban J connectivity index is 2.29. The quantitative estimate of drug-likeness (QED) is 0.873. The molecule has 2 aromatic heterocycles. The van der Waals surface area contributed by atoms with E-state index in [0.717, 1.165) is 17.5 Å². The van der Waals surface area contributed by atoms with Crippen LogP contribution in [0.2, 0.25) is 0 Å². The SMILES string of the molecule is CC(CCN)c1cncc(-c2cccnc2)c1. The van der Waals surface area contributed by atoms with E-state index < -0.39 is 0 Å². The Hall–Kier alpha value is -1.74. The van der Waals surface area contributed by atoms with Gasteiger partial charge >= 0.3 is 0 Å². The molecule has 0 saturated carbocycles. The third-order valence-electron chi connectivity index (χ3n) is 2.92. The zero-order chi connectivity index (χ0) is 12.1. The van der Waals surface area contributed by atoms with Crippen LogP contribution < -0.4 is 5.73 Å². The van der Waals surface area contributed by atoms with Crippen molar-refractivity contribution in [2.45, 2.75) is 19.3 Å². The minimum atomic E-state index is 0.448. The second-order valence-corrected chi connectivity index (χ2v) is 4.23. The minimum absolute atomic E-state index is 0.448. The molecule has 1 unspecified atom stereocenters. The van der Waals surface area contributed by atoms with Crippen molar-refractivity contribution < 1.29 is 0 Å². The van der Waals surface area contributed by atoms with Crippen molar-refractivity contribution in [3.63, 3.8) is 0 Å². The lowest BCUT2D eigenvalue weighted by Gasteiger charge is -2.11. The van der Waals surface area contributed by atoms with Gasteiger partial charge in [0.25, 0.3) is 0 Å². The molecular formula is C14H17N3. The van der Waals surface area contributed by atoms with Gasteiger partial charge in [0.2, 0.25) is 0 Å². The van der Waals surface area contributed by atoms with Crippen LogP contribution in [0.5, 0.6) is 0 Å². The monoisotopic (exact) mass is 227 g/mol. The predicted molar refractivity (Wildman–Crippen MR) is 69.6 cm³/mol. The van der Waals surface area contributed by atoms with Gasteiger partial charge in [0.05, 0.1) is 0 Å². The van der Waals surface area contributed by atoms with Crippen molar-refractivity contribution in [1.29, 1.82) is 0 Å². The summed E-state index contributed by atoms with van der Waals surface area (Å²) >= 11 is 0. The molecule has 0 saturated heterocycles. The number of aromatic nitrogens is 2. The van der Waals surface area contributed by atoms with Gasteiger partial charge in [-0.2, -0.15) is 0 Å². The van der Waals surface area contributed by atoms with E-state index in [2.05, 4.69) is 23.0 Å². The molecule has 0 bridgehead atoms. The van der Waals surface area contributed by atoms with Crippen molar-refractivity contribution in [3.05, 3.63) is 48.5 Å². The van der Waals surface area contributed by atoms with Gasteiger partial charge in [0, 0.05) is 35.9 Å². The number of nitrogens with zero attached hydrogens (tertiary/aromatic N) is 2. The maximum atomic E-state index is 5.59. The molecule has 2 heterocycles. The highest BCUT2D eigenvalue weighted by atomic mass is 14.6. The number of hydrogen-bond donors (Lipinski definition) is 1. The number of rotatable bonds is 4. The maximum Gasteiger partial charge on any atom is 0.0347 e. The third kappa shape index (κ3) is 2.88. The zero-order valence-corrected chi connectivity index (χ0v) is 10.0. The predicted octanol–water partition coefficient (Wildman–Crippen LogP) is 2.60. The Labute approximate surface area is 102 Å². The first kappa shape index (κ1) is 11.7. The maximum absolute atomic E-state index is 5.59. The lowest BCUT2D eigenvalue weighted by atomic mass is 9.97. The topological polar surface area (TPSA) is 51.8 Å². The highest BCUT2D eigenvalue weighted by Crippen LogP contribution is 2.23. The van der Waals surface area contributed by atoms with E-state index in [1.165, 1.54) is 5.56 Å². The first-order valence-electron chi connectivity index (χ1n) is 5.86. The molecule has 3 heteroatoms. The van der Waals surface area contributed by atoms with E-state index in [1.54, 1.807) is 6.20 Å². The molecule has 0 spiro atoms. The van der Waals surface area contributed by atoms with Gasteiger partial charge in [-0.15, -0.1) is 0 Å². The standard InChI is InChI=1S/C14H17N3/c1-11(4-5-15)13-7-14(10-17-9-13)12-3-2-6-16-8-12/h2-3,6-11H,4-5,15H2,1H3. The molecule has 17 heavy (non-hydrogen) atoms. The highest BCUT2D eigenvalue weighted by Gasteiger charge is 2.06. The van der Waals surface area contributed by atoms with Crippen LogP contribution >= 0.6 is 0 Å². The van der Waals surface area contributed by atoms with E-state index in [-0.39, 0.29) is 0 Å². The number of pyridine rings is 2. The van der Waals surface area contributed by atoms with E-state index in [0.29, 0.717) is 12.5 Å². The molecule has 88 valence electrons. The smallest absolute Gasteiger partial charge is 0.0347 e. The van der Waals surface area contributed by atoms with Crippen molar-refractivity contribution in [1.82, 2.24) is 9.97 Å². The average molecular weight is 227 g/mol. The molecule has 2 rings (SSSR count). The summed E-state index contributed by atoms with van der Waals surface area (Å²) < 4.78 is 0. The Morgan fingerprint density at radius 3 is 2.71 bits per heavy atom. The summed E-state index contributed by atoms with van der Waals surface area (Å²) in [4.78, 5) is 8.42. The first-order valence-corrected chi connectivity index (χ1v) is 5.86. The fraction of sp³-hybridized carbons (Fsp3) is 0.286. The van der Waals surface area contributed by atoms with Crippen LogP contribution in [0.1, 0.15) is 24.8 Å². The average Bonchev–Trinajstić information content (AvgIpc) is 2.40. The molecule has 0 radical (unpaired) electrons. The molecule has 2 N–H and O–H groups in total. The van der Waals surface area contributed by atoms with Crippen LogP contribution in [0.4, 0.5) is 0 Å². The molecule has 0 aliphatic heterocycles. The van der Waals surface area contributed by atoms with E-state index >= 15 is 0 Å². The van der Waals surface area contributed by atoms with Gasteiger partial charge in [-0.1, -0.05) is 13.0 Å². The lowest BCUT2D eigenvalue weighted by Crippen LogP contribution is -2.04. The lowest BCUT2D eigenvalue weighted by molar-refractivity contribution is 0.687. The molecular weight excluding hydrogens is 210 g/mol. The van der Waals surface area contributed by atoms with Gasteiger partial charge in [0.15, 0.2) is 0 Å². The number of nitrogens with two attached hydrogens (primary N) is 1. The van der Waals surface area contributed by atoms with Gasteiger partial charge in [-0.3, -0.25) is 9.97 Å². The van der Waals surface area contributed by atoms with Gasteiger partial charge in [0.1, 0.15) is 0 Å². The van der Waals surface area contributed by atoms with Gasteiger partial charge < -0.3 is 5.73 Å². The summed E-state index contributed by atoms with van der Waals surface area (Å²) in [6, 6.07) is 6.15. The molecule has 2 aromatic rings. The molecule has 0 aromatic carbocycles. The first-order chi connectivity index (χ1) is 8.31. The second kappa shape index (κ2) is 5.55. The van der Waals surface area contributed by atoms with E-state index in [9.17, 15) is 0 Å². The minimum Gasteiger partial charge on any atom is -0.330 e. The highest BCUT2D eigenvalue weighted by molar-refractivity contribution is 5.61. The van der Waals surface area contributed by atoms with Crippen LogP contribution in [0.25, 0.3) is 11.1 Å². The summed E-state index contributed by atoms with van der Waals surface area (Å²) in [6.07, 6.45) is 8.40. The second-order valence-electron chi connectivity index (χ2n) is 4.23. The van der Waals surface area contributed by atoms with Crippen molar-refractivity contribution in [2.75, 3.05) is 6.54 Å². The van der Waals surface area contributed by atoms with Gasteiger partial charge in [-0.25, -0.2) is 0 Å². The summed E-state index contributed by atoms with van der Waals surface area (Å²) in [6.45, 7) is 2.88. The molecule has 0 aliphatic carbocycles. The van der Waals surface area contributed by atoms with Gasteiger partial charge in [-0.05, 0) is 36.6 Å². The molecule has 0 amide bonds. The summed E-state index contributed by atoms with van der Waals surface area (Å²) in [5.74, 6) is 0.448. The summed E-state index contributed by atoms with van der Waals surface area (Å²) in [5.41, 5.74) is 9.03. The van der Waals surface area contributed by atoms with Crippen LogP contribution in [0.15, 0.2) is 43.0 Å². The Morgan fingerprint density at radius 2 is 2.00 bits per heavy atom. The zero-order valence-electron chi connectivity index (χ0n) is 10.0. The molecule has 1 atom stereocenters. The van der Waals surface area contributed by atoms with E-state index in [4.69, 9.17) is 5.73 Å². The van der Waals surface area contributed by atoms with Crippen molar-refractivity contribution in [2.24, 2.45) is 5.73 Å². The fourth-order valence-electron chi connectivity index (χ4n) is 1.84. The van der Waals surface area contributed by atoms with Crippen molar-refractivity contribution in [3.8, 4) is 11.1 Å². The number of hydrogen-bond acceptors (Lipinski definition) is 3. The van der Waals surface area contributed by atoms with Crippen LogP contribution in [0.3, 0.4) is 0 Å². The molecule has 0 aliphatic rings. The summed E-state index contributed by atoms with van der Waals surface area (Å²) in [7, 11) is 0. The van der Waals surface area contributed by atoms with Crippen LogP contribution in [0, 0.1) is 0 Å². The largest absolute Gasteiger partial charge is 0.330 e. The summed E-state index contributed by atoms with van der Waals surface area (Å²) in [5, 5.41) is 0. The third-order valence-corrected chi connectivity index (χ3v) is 2.92. The van der Waals surface area contributed by atoms with Crippen molar-refractivity contribution >= 4 is 0 Å².